The molecule has 0 unspecified atom stereocenters. The number of hydrogen-bond donors (Lipinski definition) is 2. The standard InChI is InChI=1S/C17H12F2N2OS/c18-14-8-7-13(10-15(14)19)20-11-3-5-12(6-4-11)21-17(22)16-2-1-9-23-16/h1-10,20H,(H,21,22). The summed E-state index contributed by atoms with van der Waals surface area (Å²) in [5.41, 5.74) is 1.80. The van der Waals surface area contributed by atoms with Gasteiger partial charge in [-0.05, 0) is 47.8 Å². The van der Waals surface area contributed by atoms with E-state index in [0.29, 0.717) is 21.9 Å². The van der Waals surface area contributed by atoms with Gasteiger partial charge in [0.1, 0.15) is 0 Å². The van der Waals surface area contributed by atoms with Gasteiger partial charge in [-0.25, -0.2) is 8.78 Å². The molecule has 0 saturated heterocycles. The summed E-state index contributed by atoms with van der Waals surface area (Å²) in [6.07, 6.45) is 0. The Morgan fingerprint density at radius 3 is 2.22 bits per heavy atom. The molecule has 6 heteroatoms. The molecule has 2 N–H and O–H groups in total. The van der Waals surface area contributed by atoms with Crippen molar-refractivity contribution >= 4 is 34.3 Å². The Kier molecular flexibility index (Phi) is 4.34. The summed E-state index contributed by atoms with van der Waals surface area (Å²) in [5.74, 6) is -1.96. The van der Waals surface area contributed by atoms with Crippen LogP contribution in [0, 0.1) is 11.6 Å². The van der Waals surface area contributed by atoms with E-state index in [4.69, 9.17) is 0 Å². The molecule has 0 saturated carbocycles. The maximum Gasteiger partial charge on any atom is 0.265 e. The number of anilines is 3. The molecule has 0 bridgehead atoms. The van der Waals surface area contributed by atoms with Gasteiger partial charge in [0.25, 0.3) is 5.91 Å². The van der Waals surface area contributed by atoms with Gasteiger partial charge in [-0.15, -0.1) is 11.3 Å². The van der Waals surface area contributed by atoms with Crippen LogP contribution in [0.25, 0.3) is 0 Å². The van der Waals surface area contributed by atoms with E-state index in [-0.39, 0.29) is 5.91 Å². The van der Waals surface area contributed by atoms with E-state index in [1.54, 1.807) is 30.3 Å². The second-order valence-electron chi connectivity index (χ2n) is 4.76. The zero-order valence-corrected chi connectivity index (χ0v) is 12.7. The fourth-order valence-electron chi connectivity index (χ4n) is 1.98. The van der Waals surface area contributed by atoms with Crippen LogP contribution < -0.4 is 10.6 Å². The van der Waals surface area contributed by atoms with Crippen LogP contribution in [0.3, 0.4) is 0 Å². The van der Waals surface area contributed by atoms with Crippen molar-refractivity contribution < 1.29 is 13.6 Å². The topological polar surface area (TPSA) is 41.1 Å². The van der Waals surface area contributed by atoms with Crippen LogP contribution in [-0.2, 0) is 0 Å². The van der Waals surface area contributed by atoms with E-state index in [2.05, 4.69) is 10.6 Å². The summed E-state index contributed by atoms with van der Waals surface area (Å²) < 4.78 is 26.0. The number of rotatable bonds is 4. The van der Waals surface area contributed by atoms with Crippen molar-refractivity contribution in [1.29, 1.82) is 0 Å². The fraction of sp³-hybridized carbons (Fsp3) is 0. The highest BCUT2D eigenvalue weighted by Gasteiger charge is 2.07. The number of thiophene rings is 1. The second kappa shape index (κ2) is 6.58. The Balaban J connectivity index is 1.67. The van der Waals surface area contributed by atoms with E-state index in [9.17, 15) is 13.6 Å². The average Bonchev–Trinajstić information content (AvgIpc) is 3.07. The molecule has 0 atom stereocenters. The minimum atomic E-state index is -0.908. The molecule has 1 heterocycles. The molecule has 0 fully saturated rings. The number of carbonyl (C=O) groups excluding carboxylic acids is 1. The van der Waals surface area contributed by atoms with Gasteiger partial charge in [0.2, 0.25) is 0 Å². The summed E-state index contributed by atoms with van der Waals surface area (Å²) in [6, 6.07) is 14.1. The first-order chi connectivity index (χ1) is 11.1. The minimum absolute atomic E-state index is 0.165. The van der Waals surface area contributed by atoms with Crippen LogP contribution in [0.2, 0.25) is 0 Å². The van der Waals surface area contributed by atoms with Crippen molar-refractivity contribution in [3.63, 3.8) is 0 Å². The number of hydrogen-bond acceptors (Lipinski definition) is 3. The molecule has 0 aliphatic rings. The maximum atomic E-state index is 13.2. The first-order valence-corrected chi connectivity index (χ1v) is 7.67. The summed E-state index contributed by atoms with van der Waals surface area (Å²) in [5, 5.41) is 7.59. The maximum absolute atomic E-state index is 13.2. The molecule has 116 valence electrons. The van der Waals surface area contributed by atoms with Crippen molar-refractivity contribution in [3.8, 4) is 0 Å². The highest BCUT2D eigenvalue weighted by atomic mass is 32.1. The highest BCUT2D eigenvalue weighted by Crippen LogP contribution is 2.21. The third kappa shape index (κ3) is 3.73. The van der Waals surface area contributed by atoms with Gasteiger partial charge in [0.15, 0.2) is 11.6 Å². The highest BCUT2D eigenvalue weighted by molar-refractivity contribution is 7.12. The van der Waals surface area contributed by atoms with Crippen LogP contribution in [-0.4, -0.2) is 5.91 Å². The van der Waals surface area contributed by atoms with Gasteiger partial charge < -0.3 is 10.6 Å². The molecule has 0 radical (unpaired) electrons. The van der Waals surface area contributed by atoms with Crippen LogP contribution in [0.1, 0.15) is 9.67 Å². The van der Waals surface area contributed by atoms with E-state index in [1.165, 1.54) is 17.4 Å². The van der Waals surface area contributed by atoms with Gasteiger partial charge >= 0.3 is 0 Å². The Morgan fingerprint density at radius 2 is 1.57 bits per heavy atom. The van der Waals surface area contributed by atoms with Gasteiger partial charge in [0.05, 0.1) is 4.88 Å². The predicted octanol–water partition coefficient (Wildman–Crippen LogP) is 5.02. The van der Waals surface area contributed by atoms with Gasteiger partial charge in [-0.3, -0.25) is 4.79 Å². The second-order valence-corrected chi connectivity index (χ2v) is 5.71. The Hall–Kier alpha value is -2.73. The number of halogens is 2. The molecule has 0 aliphatic heterocycles. The average molecular weight is 330 g/mol. The zero-order chi connectivity index (χ0) is 16.2. The smallest absolute Gasteiger partial charge is 0.265 e. The lowest BCUT2D eigenvalue weighted by Crippen LogP contribution is -2.09. The largest absolute Gasteiger partial charge is 0.355 e. The summed E-state index contributed by atoms with van der Waals surface area (Å²) in [6.45, 7) is 0. The zero-order valence-electron chi connectivity index (χ0n) is 11.8. The van der Waals surface area contributed by atoms with E-state index in [0.717, 1.165) is 12.1 Å². The van der Waals surface area contributed by atoms with E-state index < -0.39 is 11.6 Å². The molecular formula is C17H12F2N2OS. The fourth-order valence-corrected chi connectivity index (χ4v) is 2.60. The molecule has 3 aromatic rings. The number of benzene rings is 2. The van der Waals surface area contributed by atoms with Crippen molar-refractivity contribution in [2.24, 2.45) is 0 Å². The molecule has 2 aromatic carbocycles. The number of amides is 1. The summed E-state index contributed by atoms with van der Waals surface area (Å²) in [4.78, 5) is 12.6. The summed E-state index contributed by atoms with van der Waals surface area (Å²) >= 11 is 1.37. The van der Waals surface area contributed by atoms with E-state index >= 15 is 0 Å². The lowest BCUT2D eigenvalue weighted by molar-refractivity contribution is 0.103. The first-order valence-electron chi connectivity index (χ1n) is 6.79. The SMILES string of the molecule is O=C(Nc1ccc(Nc2ccc(F)c(F)c2)cc1)c1cccs1. The summed E-state index contributed by atoms with van der Waals surface area (Å²) in [7, 11) is 0. The normalized spacial score (nSPS) is 10.3. The van der Waals surface area contributed by atoms with Crippen molar-refractivity contribution in [3.05, 3.63) is 76.5 Å². The predicted molar refractivity (Wildman–Crippen MR) is 88.4 cm³/mol. The quantitative estimate of drug-likeness (QED) is 0.705. The lowest BCUT2D eigenvalue weighted by Gasteiger charge is -2.08. The number of carbonyl (C=O) groups is 1. The molecule has 0 spiro atoms. The molecule has 23 heavy (non-hydrogen) atoms. The minimum Gasteiger partial charge on any atom is -0.355 e. The first kappa shape index (κ1) is 15.2. The molecule has 1 aromatic heterocycles. The van der Waals surface area contributed by atoms with Crippen LogP contribution in [0.15, 0.2) is 60.0 Å². The molecular weight excluding hydrogens is 318 g/mol. The molecule has 0 aliphatic carbocycles. The van der Waals surface area contributed by atoms with Crippen molar-refractivity contribution in [2.45, 2.75) is 0 Å². The van der Waals surface area contributed by atoms with Crippen LogP contribution >= 0.6 is 11.3 Å². The Morgan fingerprint density at radius 1 is 0.870 bits per heavy atom. The monoisotopic (exact) mass is 330 g/mol. The molecule has 3 rings (SSSR count). The molecule has 3 nitrogen and oxygen atoms in total. The van der Waals surface area contributed by atoms with Gasteiger partial charge in [0, 0.05) is 23.1 Å². The Bertz CT molecular complexity index is 817. The Labute approximate surface area is 135 Å². The lowest BCUT2D eigenvalue weighted by atomic mass is 10.2. The molecule has 1 amide bonds. The van der Waals surface area contributed by atoms with Crippen LogP contribution in [0.4, 0.5) is 25.8 Å². The number of nitrogens with one attached hydrogen (secondary N) is 2. The van der Waals surface area contributed by atoms with E-state index in [1.807, 2.05) is 11.4 Å². The third-order valence-corrected chi connectivity index (χ3v) is 3.96. The van der Waals surface area contributed by atoms with Crippen LogP contribution in [0.5, 0.6) is 0 Å². The van der Waals surface area contributed by atoms with Crippen molar-refractivity contribution in [2.75, 3.05) is 10.6 Å². The van der Waals surface area contributed by atoms with Crippen molar-refractivity contribution in [1.82, 2.24) is 0 Å². The van der Waals surface area contributed by atoms with Gasteiger partial charge in [-0.1, -0.05) is 6.07 Å². The third-order valence-electron chi connectivity index (χ3n) is 3.10. The van der Waals surface area contributed by atoms with Gasteiger partial charge in [-0.2, -0.15) is 0 Å².